The van der Waals surface area contributed by atoms with Crippen molar-refractivity contribution in [3.8, 4) is 0 Å². The minimum atomic E-state index is -2.98. The van der Waals surface area contributed by atoms with Crippen molar-refractivity contribution in [1.82, 2.24) is 15.1 Å². The van der Waals surface area contributed by atoms with Gasteiger partial charge >= 0.3 is 0 Å². The van der Waals surface area contributed by atoms with Gasteiger partial charge in [-0.15, -0.1) is 0 Å². The van der Waals surface area contributed by atoms with Gasteiger partial charge in [0.05, 0.1) is 23.5 Å². The van der Waals surface area contributed by atoms with Crippen molar-refractivity contribution in [2.45, 2.75) is 26.4 Å². The van der Waals surface area contributed by atoms with E-state index in [1.165, 1.54) is 6.26 Å². The van der Waals surface area contributed by atoms with Crippen molar-refractivity contribution in [3.63, 3.8) is 0 Å². The zero-order chi connectivity index (χ0) is 14.6. The quantitative estimate of drug-likeness (QED) is 0.788. The molecule has 2 rings (SSSR count). The average molecular weight is 295 g/mol. The van der Waals surface area contributed by atoms with E-state index in [-0.39, 0.29) is 5.75 Å². The number of nitrogens with zero attached hydrogens (tertiary/aromatic N) is 2. The fraction of sp³-hybridized carbons (Fsp3) is 0.500. The smallest absolute Gasteiger partial charge is 0.149 e. The van der Waals surface area contributed by atoms with Crippen molar-refractivity contribution < 1.29 is 8.42 Å². The Morgan fingerprint density at radius 2 is 2.05 bits per heavy atom. The van der Waals surface area contributed by atoms with Crippen LogP contribution in [0.1, 0.15) is 19.0 Å². The van der Waals surface area contributed by atoms with Crippen LogP contribution in [0.4, 0.5) is 0 Å². The second-order valence-corrected chi connectivity index (χ2v) is 7.25. The third-order valence-corrected chi connectivity index (χ3v) is 4.05. The lowest BCUT2D eigenvalue weighted by Gasteiger charge is -2.02. The van der Waals surface area contributed by atoms with Crippen molar-refractivity contribution in [1.29, 1.82) is 0 Å². The van der Waals surface area contributed by atoms with Crippen molar-refractivity contribution >= 4 is 20.7 Å². The van der Waals surface area contributed by atoms with Crippen molar-refractivity contribution in [2.24, 2.45) is 0 Å². The SMILES string of the molecule is CCCNCc1nn(CCS(C)(=O)=O)c2ccccc12. The summed E-state index contributed by atoms with van der Waals surface area (Å²) >= 11 is 0. The van der Waals surface area contributed by atoms with Crippen molar-refractivity contribution in [2.75, 3.05) is 18.6 Å². The van der Waals surface area contributed by atoms with Crippen LogP contribution in [0.5, 0.6) is 0 Å². The van der Waals surface area contributed by atoms with E-state index in [0.717, 1.165) is 29.6 Å². The highest BCUT2D eigenvalue weighted by Gasteiger charge is 2.11. The van der Waals surface area contributed by atoms with Crippen LogP contribution in [0.25, 0.3) is 10.9 Å². The molecule has 6 heteroatoms. The molecule has 1 aromatic heterocycles. The van der Waals surface area contributed by atoms with Gasteiger partial charge in [-0.1, -0.05) is 25.1 Å². The van der Waals surface area contributed by atoms with E-state index in [9.17, 15) is 8.42 Å². The molecule has 0 bridgehead atoms. The second kappa shape index (κ2) is 6.37. The number of nitrogens with one attached hydrogen (secondary N) is 1. The molecule has 1 heterocycles. The number of sulfone groups is 1. The molecule has 0 amide bonds. The molecule has 0 saturated carbocycles. The minimum absolute atomic E-state index is 0.112. The number of aryl methyl sites for hydroxylation is 1. The summed E-state index contributed by atoms with van der Waals surface area (Å²) in [6.07, 6.45) is 2.33. The van der Waals surface area contributed by atoms with Gasteiger partial charge in [-0.3, -0.25) is 4.68 Å². The zero-order valence-corrected chi connectivity index (χ0v) is 12.8. The molecule has 110 valence electrons. The van der Waals surface area contributed by atoms with Crippen LogP contribution < -0.4 is 5.32 Å². The first kappa shape index (κ1) is 15.0. The third kappa shape index (κ3) is 3.80. The van der Waals surface area contributed by atoms with Crippen LogP contribution in [0.15, 0.2) is 24.3 Å². The topological polar surface area (TPSA) is 64.0 Å². The molecule has 0 aliphatic heterocycles. The van der Waals surface area contributed by atoms with E-state index < -0.39 is 9.84 Å². The molecule has 0 aliphatic rings. The standard InChI is InChI=1S/C14H21N3O2S/c1-3-8-15-11-13-12-6-4-5-7-14(12)17(16-13)9-10-20(2,18)19/h4-7,15H,3,8-11H2,1-2H3. The number of aromatic nitrogens is 2. The van der Waals surface area contributed by atoms with E-state index in [1.54, 1.807) is 4.68 Å². The lowest BCUT2D eigenvalue weighted by atomic mass is 10.2. The number of benzene rings is 1. The predicted octanol–water partition coefficient (Wildman–Crippen LogP) is 1.58. The molecule has 1 aromatic carbocycles. The predicted molar refractivity (Wildman–Crippen MR) is 81.4 cm³/mol. The van der Waals surface area contributed by atoms with E-state index >= 15 is 0 Å². The largest absolute Gasteiger partial charge is 0.311 e. The van der Waals surface area contributed by atoms with Crippen LogP contribution in [-0.2, 0) is 22.9 Å². The van der Waals surface area contributed by atoms with E-state index in [1.807, 2.05) is 24.3 Å². The molecular formula is C14H21N3O2S. The van der Waals surface area contributed by atoms with E-state index in [4.69, 9.17) is 0 Å². The van der Waals surface area contributed by atoms with Gasteiger partial charge in [-0.25, -0.2) is 8.42 Å². The summed E-state index contributed by atoms with van der Waals surface area (Å²) in [5, 5.41) is 8.98. The summed E-state index contributed by atoms with van der Waals surface area (Å²) in [6.45, 7) is 4.17. The molecule has 0 spiro atoms. The van der Waals surface area contributed by atoms with Crippen molar-refractivity contribution in [3.05, 3.63) is 30.0 Å². The summed E-state index contributed by atoms with van der Waals surface area (Å²) in [4.78, 5) is 0. The van der Waals surface area contributed by atoms with Gasteiger partial charge < -0.3 is 5.32 Å². The number of hydrogen-bond acceptors (Lipinski definition) is 4. The fourth-order valence-corrected chi connectivity index (χ4v) is 2.64. The first-order valence-electron chi connectivity index (χ1n) is 6.84. The molecule has 5 nitrogen and oxygen atoms in total. The van der Waals surface area contributed by atoms with Gasteiger partial charge in [0, 0.05) is 18.2 Å². The van der Waals surface area contributed by atoms with Gasteiger partial charge in [-0.2, -0.15) is 5.10 Å². The van der Waals surface area contributed by atoms with E-state index in [0.29, 0.717) is 13.1 Å². The summed E-state index contributed by atoms with van der Waals surface area (Å²) < 4.78 is 24.4. The Bertz CT molecular complexity index is 677. The monoisotopic (exact) mass is 295 g/mol. The molecule has 2 aromatic rings. The van der Waals surface area contributed by atoms with Gasteiger partial charge in [0.15, 0.2) is 0 Å². The number of rotatable bonds is 7. The van der Waals surface area contributed by atoms with Gasteiger partial charge in [0.2, 0.25) is 0 Å². The maximum Gasteiger partial charge on any atom is 0.149 e. The van der Waals surface area contributed by atoms with Gasteiger partial charge in [0.25, 0.3) is 0 Å². The summed E-state index contributed by atoms with van der Waals surface area (Å²) in [5.74, 6) is 0.112. The van der Waals surface area contributed by atoms with Gasteiger partial charge in [-0.05, 0) is 19.0 Å². The Hall–Kier alpha value is -1.40. The first-order chi connectivity index (χ1) is 9.51. The Morgan fingerprint density at radius 3 is 2.75 bits per heavy atom. The zero-order valence-electron chi connectivity index (χ0n) is 12.0. The third-order valence-electron chi connectivity index (χ3n) is 3.13. The Labute approximate surface area is 119 Å². The lowest BCUT2D eigenvalue weighted by molar-refractivity contribution is 0.585. The maximum atomic E-state index is 11.3. The Balaban J connectivity index is 2.25. The molecule has 0 aliphatic carbocycles. The second-order valence-electron chi connectivity index (χ2n) is 4.99. The van der Waals surface area contributed by atoms with Crippen LogP contribution in [0.3, 0.4) is 0 Å². The summed E-state index contributed by atoms with van der Waals surface area (Å²) in [7, 11) is -2.98. The van der Waals surface area contributed by atoms with Crippen LogP contribution in [-0.4, -0.2) is 36.8 Å². The molecular weight excluding hydrogens is 274 g/mol. The highest BCUT2D eigenvalue weighted by atomic mass is 32.2. The lowest BCUT2D eigenvalue weighted by Crippen LogP contribution is -2.15. The van der Waals surface area contributed by atoms with Gasteiger partial charge in [0.1, 0.15) is 9.84 Å². The molecule has 0 unspecified atom stereocenters. The molecule has 0 atom stereocenters. The number of fused-ring (bicyclic) bond motifs is 1. The van der Waals surface area contributed by atoms with E-state index in [2.05, 4.69) is 17.3 Å². The summed E-state index contributed by atoms with van der Waals surface area (Å²) in [5.41, 5.74) is 1.96. The molecule has 0 saturated heterocycles. The average Bonchev–Trinajstić information content (AvgIpc) is 2.75. The number of para-hydroxylation sites is 1. The highest BCUT2D eigenvalue weighted by Crippen LogP contribution is 2.18. The first-order valence-corrected chi connectivity index (χ1v) is 8.90. The molecule has 0 radical (unpaired) electrons. The normalized spacial score (nSPS) is 12.1. The van der Waals surface area contributed by atoms with Crippen LogP contribution in [0, 0.1) is 0 Å². The summed E-state index contributed by atoms with van der Waals surface area (Å²) in [6, 6.07) is 7.94. The highest BCUT2D eigenvalue weighted by molar-refractivity contribution is 7.90. The Morgan fingerprint density at radius 1 is 1.30 bits per heavy atom. The Kier molecular flexibility index (Phi) is 4.77. The van der Waals surface area contributed by atoms with Crippen LogP contribution in [0.2, 0.25) is 0 Å². The molecule has 20 heavy (non-hydrogen) atoms. The van der Waals surface area contributed by atoms with Crippen LogP contribution >= 0.6 is 0 Å². The maximum absolute atomic E-state index is 11.3. The minimum Gasteiger partial charge on any atom is -0.311 e. The number of hydrogen-bond donors (Lipinski definition) is 1. The molecule has 1 N–H and O–H groups in total. The molecule has 0 fully saturated rings. The fourth-order valence-electron chi connectivity index (χ4n) is 2.13.